The molecule has 0 aromatic rings. The summed E-state index contributed by atoms with van der Waals surface area (Å²) in [6.45, 7) is 5.97. The van der Waals surface area contributed by atoms with Crippen LogP contribution in [0, 0.1) is 5.92 Å². The van der Waals surface area contributed by atoms with E-state index in [1.54, 1.807) is 0 Å². The number of allylic oxidation sites excluding steroid dienone is 1. The second kappa shape index (κ2) is 5.94. The molecule has 1 atom stereocenters. The van der Waals surface area contributed by atoms with Gasteiger partial charge in [-0.05, 0) is 25.0 Å². The Kier molecular flexibility index (Phi) is 4.06. The van der Waals surface area contributed by atoms with Gasteiger partial charge in [-0.25, -0.2) is 0 Å². The molecule has 0 amide bonds. The van der Waals surface area contributed by atoms with Crippen molar-refractivity contribution in [2.24, 2.45) is 11.7 Å². The molecule has 1 aliphatic carbocycles. The zero-order valence-electron chi connectivity index (χ0n) is 11.2. The number of ether oxygens (including phenoxy) is 3. The van der Waals surface area contributed by atoms with Crippen LogP contribution < -0.4 is 5.73 Å². The fourth-order valence-electron chi connectivity index (χ4n) is 2.71. The molecule has 2 N–H and O–H groups in total. The van der Waals surface area contributed by atoms with Crippen LogP contribution in [0.4, 0.5) is 0 Å². The fourth-order valence-corrected chi connectivity index (χ4v) is 2.71. The molecule has 0 radical (unpaired) electrons. The molecule has 2 aliphatic heterocycles. The zero-order chi connectivity index (χ0) is 13.1. The van der Waals surface area contributed by atoms with Gasteiger partial charge < -0.3 is 24.8 Å². The molecule has 1 unspecified atom stereocenters. The zero-order valence-corrected chi connectivity index (χ0v) is 11.2. The quantitative estimate of drug-likeness (QED) is 0.784. The standard InChI is InChI=1S/C14H22N2O3/c15-8-11-9-16(10-11)4-5-17-12-2-1-3-13-14(12)19-7-6-18-13/h1,3,11-12H,2,4-10,15H2. The number of nitrogens with zero attached hydrogens (tertiary/aromatic N) is 1. The van der Waals surface area contributed by atoms with Crippen molar-refractivity contribution in [3.63, 3.8) is 0 Å². The average molecular weight is 266 g/mol. The lowest BCUT2D eigenvalue weighted by atomic mass is 10.0. The molecule has 5 heteroatoms. The van der Waals surface area contributed by atoms with Gasteiger partial charge in [0.15, 0.2) is 11.5 Å². The predicted octanol–water partition coefficient (Wildman–Crippen LogP) is 0.480. The van der Waals surface area contributed by atoms with Gasteiger partial charge in [0.2, 0.25) is 0 Å². The lowest BCUT2D eigenvalue weighted by Crippen LogP contribution is -2.51. The van der Waals surface area contributed by atoms with Crippen LogP contribution in [0.5, 0.6) is 0 Å². The van der Waals surface area contributed by atoms with Gasteiger partial charge in [-0.3, -0.25) is 0 Å². The molecule has 2 heterocycles. The Hall–Kier alpha value is -1.04. The summed E-state index contributed by atoms with van der Waals surface area (Å²) in [5, 5.41) is 0. The highest BCUT2D eigenvalue weighted by molar-refractivity contribution is 5.25. The van der Waals surface area contributed by atoms with Gasteiger partial charge >= 0.3 is 0 Å². The molecule has 3 aliphatic rings. The minimum atomic E-state index is 0.0203. The van der Waals surface area contributed by atoms with Crippen LogP contribution >= 0.6 is 0 Å². The molecule has 5 nitrogen and oxygen atoms in total. The van der Waals surface area contributed by atoms with Gasteiger partial charge in [-0.2, -0.15) is 0 Å². The van der Waals surface area contributed by atoms with Crippen LogP contribution in [0.3, 0.4) is 0 Å². The van der Waals surface area contributed by atoms with Gasteiger partial charge in [0.1, 0.15) is 19.3 Å². The number of hydrogen-bond donors (Lipinski definition) is 1. The van der Waals surface area contributed by atoms with Crippen molar-refractivity contribution in [3.05, 3.63) is 23.7 Å². The Morgan fingerprint density at radius 3 is 3.00 bits per heavy atom. The van der Waals surface area contributed by atoms with Crippen LogP contribution in [0.1, 0.15) is 6.42 Å². The van der Waals surface area contributed by atoms with Gasteiger partial charge in [0.05, 0.1) is 6.61 Å². The van der Waals surface area contributed by atoms with Crippen LogP contribution in [-0.4, -0.2) is 57.0 Å². The fraction of sp³-hybridized carbons (Fsp3) is 0.714. The van der Waals surface area contributed by atoms with E-state index in [2.05, 4.69) is 11.0 Å². The highest BCUT2D eigenvalue weighted by Gasteiger charge is 2.28. The maximum absolute atomic E-state index is 5.94. The number of rotatable bonds is 5. The van der Waals surface area contributed by atoms with E-state index in [-0.39, 0.29) is 6.10 Å². The Labute approximate surface area is 114 Å². The van der Waals surface area contributed by atoms with E-state index in [1.165, 1.54) is 0 Å². The third kappa shape index (κ3) is 2.94. The summed E-state index contributed by atoms with van der Waals surface area (Å²) < 4.78 is 17.2. The first kappa shape index (κ1) is 13.0. The molecule has 1 fully saturated rings. The summed E-state index contributed by atoms with van der Waals surface area (Å²) in [5.41, 5.74) is 5.61. The van der Waals surface area contributed by atoms with Gasteiger partial charge in [-0.15, -0.1) is 0 Å². The molecule has 3 rings (SSSR count). The van der Waals surface area contributed by atoms with Crippen molar-refractivity contribution >= 4 is 0 Å². The lowest BCUT2D eigenvalue weighted by Gasteiger charge is -2.38. The van der Waals surface area contributed by atoms with Gasteiger partial charge in [0, 0.05) is 19.6 Å². The van der Waals surface area contributed by atoms with Crippen molar-refractivity contribution in [3.8, 4) is 0 Å². The van der Waals surface area contributed by atoms with E-state index in [0.29, 0.717) is 19.1 Å². The molecule has 1 saturated heterocycles. The van der Waals surface area contributed by atoms with Crippen molar-refractivity contribution in [1.29, 1.82) is 0 Å². The maximum atomic E-state index is 5.94. The van der Waals surface area contributed by atoms with Crippen LogP contribution in [0.15, 0.2) is 23.7 Å². The average Bonchev–Trinajstić information content (AvgIpc) is 2.41. The molecule has 0 spiro atoms. The first-order chi connectivity index (χ1) is 9.36. The predicted molar refractivity (Wildman–Crippen MR) is 71.4 cm³/mol. The summed E-state index contributed by atoms with van der Waals surface area (Å²) in [7, 11) is 0. The number of likely N-dealkylation sites (tertiary alicyclic amines) is 1. The SMILES string of the molecule is NCC1CN(CCOC2CC=CC3=C2OCCO3)C1. The highest BCUT2D eigenvalue weighted by Crippen LogP contribution is 2.26. The van der Waals surface area contributed by atoms with Crippen molar-refractivity contribution in [2.45, 2.75) is 12.5 Å². The highest BCUT2D eigenvalue weighted by atomic mass is 16.6. The molecule has 106 valence electrons. The first-order valence-electron chi connectivity index (χ1n) is 7.07. The monoisotopic (exact) mass is 266 g/mol. The first-order valence-corrected chi connectivity index (χ1v) is 7.07. The van der Waals surface area contributed by atoms with E-state index in [1.807, 2.05) is 6.08 Å². The molecular formula is C14H22N2O3. The van der Waals surface area contributed by atoms with Crippen LogP contribution in [0.2, 0.25) is 0 Å². The van der Waals surface area contributed by atoms with Gasteiger partial charge in [0.25, 0.3) is 0 Å². The van der Waals surface area contributed by atoms with Gasteiger partial charge in [-0.1, -0.05) is 6.08 Å². The van der Waals surface area contributed by atoms with Crippen molar-refractivity contribution in [1.82, 2.24) is 4.90 Å². The Morgan fingerprint density at radius 2 is 2.16 bits per heavy atom. The summed E-state index contributed by atoms with van der Waals surface area (Å²) >= 11 is 0. The minimum Gasteiger partial charge on any atom is -0.488 e. The van der Waals surface area contributed by atoms with Crippen LogP contribution in [-0.2, 0) is 14.2 Å². The topological polar surface area (TPSA) is 57.0 Å². The summed E-state index contributed by atoms with van der Waals surface area (Å²) in [4.78, 5) is 2.38. The minimum absolute atomic E-state index is 0.0203. The molecule has 0 bridgehead atoms. The Bertz CT molecular complexity index is 375. The second-order valence-electron chi connectivity index (χ2n) is 5.28. The number of hydrogen-bond acceptors (Lipinski definition) is 5. The Balaban J connectivity index is 1.43. The summed E-state index contributed by atoms with van der Waals surface area (Å²) in [6, 6.07) is 0. The normalized spacial score (nSPS) is 27.5. The summed E-state index contributed by atoms with van der Waals surface area (Å²) in [5.74, 6) is 2.40. The molecule has 0 saturated carbocycles. The van der Waals surface area contributed by atoms with Crippen LogP contribution in [0.25, 0.3) is 0 Å². The smallest absolute Gasteiger partial charge is 0.167 e. The van der Waals surface area contributed by atoms with E-state index >= 15 is 0 Å². The molecule has 0 aromatic heterocycles. The molecular weight excluding hydrogens is 244 g/mol. The second-order valence-corrected chi connectivity index (χ2v) is 5.28. The Morgan fingerprint density at radius 1 is 1.32 bits per heavy atom. The third-order valence-electron chi connectivity index (χ3n) is 3.85. The lowest BCUT2D eigenvalue weighted by molar-refractivity contribution is -0.0243. The van der Waals surface area contributed by atoms with E-state index in [9.17, 15) is 0 Å². The maximum Gasteiger partial charge on any atom is 0.167 e. The van der Waals surface area contributed by atoms with E-state index in [4.69, 9.17) is 19.9 Å². The van der Waals surface area contributed by atoms with E-state index < -0.39 is 0 Å². The molecule has 19 heavy (non-hydrogen) atoms. The van der Waals surface area contributed by atoms with Crippen molar-refractivity contribution < 1.29 is 14.2 Å². The van der Waals surface area contributed by atoms with Crippen molar-refractivity contribution in [2.75, 3.05) is 46.0 Å². The number of nitrogens with two attached hydrogens (primary N) is 1. The molecule has 0 aromatic carbocycles. The summed E-state index contributed by atoms with van der Waals surface area (Å²) in [6.07, 6.45) is 4.96. The third-order valence-corrected chi connectivity index (χ3v) is 3.85. The largest absolute Gasteiger partial charge is 0.488 e. The van der Waals surface area contributed by atoms with E-state index in [0.717, 1.165) is 50.7 Å².